The summed E-state index contributed by atoms with van der Waals surface area (Å²) in [5.41, 5.74) is 0. The first-order valence-corrected chi connectivity index (χ1v) is 9.31. The van der Waals surface area contributed by atoms with Crippen LogP contribution in [0.2, 0.25) is 0 Å². The van der Waals surface area contributed by atoms with Gasteiger partial charge in [0.1, 0.15) is 5.75 Å². The van der Waals surface area contributed by atoms with Crippen molar-refractivity contribution in [2.45, 2.75) is 44.0 Å². The Bertz CT molecular complexity index is 446. The molecule has 1 amide bonds. The van der Waals surface area contributed by atoms with Crippen LogP contribution in [0.4, 0.5) is 0 Å². The zero-order chi connectivity index (χ0) is 15.1. The van der Waals surface area contributed by atoms with E-state index < -0.39 is 6.10 Å². The summed E-state index contributed by atoms with van der Waals surface area (Å²) in [6, 6.07) is 7.50. The number of hydrogen-bond donors (Lipinski definition) is 1. The van der Waals surface area contributed by atoms with Crippen molar-refractivity contribution in [2.75, 3.05) is 12.3 Å². The molecule has 1 saturated carbocycles. The van der Waals surface area contributed by atoms with Crippen molar-refractivity contribution >= 4 is 33.6 Å². The molecule has 1 aliphatic carbocycles. The molecule has 1 atom stereocenters. The van der Waals surface area contributed by atoms with Crippen LogP contribution >= 0.6 is 27.7 Å². The Morgan fingerprint density at radius 1 is 1.38 bits per heavy atom. The molecule has 0 aliphatic heterocycles. The number of carbonyl (C=O) groups is 1. The Hall–Kier alpha value is -0.680. The van der Waals surface area contributed by atoms with Gasteiger partial charge >= 0.3 is 0 Å². The molecule has 0 radical (unpaired) electrons. The van der Waals surface area contributed by atoms with E-state index in [1.54, 1.807) is 6.92 Å². The van der Waals surface area contributed by atoms with Crippen LogP contribution in [-0.2, 0) is 4.79 Å². The Kier molecular flexibility index (Phi) is 6.90. The maximum Gasteiger partial charge on any atom is 0.260 e. The van der Waals surface area contributed by atoms with Crippen molar-refractivity contribution < 1.29 is 9.53 Å². The normalized spacial score (nSPS) is 16.7. The van der Waals surface area contributed by atoms with Crippen LogP contribution in [0, 0.1) is 0 Å². The lowest BCUT2D eigenvalue weighted by atomic mass is 10.3. The summed E-state index contributed by atoms with van der Waals surface area (Å²) in [5.74, 6) is 1.65. The maximum absolute atomic E-state index is 12.0. The van der Waals surface area contributed by atoms with Gasteiger partial charge in [0, 0.05) is 22.0 Å². The summed E-state index contributed by atoms with van der Waals surface area (Å²) in [6.07, 6.45) is 4.93. The van der Waals surface area contributed by atoms with Gasteiger partial charge in [-0.05, 0) is 44.0 Å². The van der Waals surface area contributed by atoms with Crippen LogP contribution in [0.3, 0.4) is 0 Å². The summed E-state index contributed by atoms with van der Waals surface area (Å²) in [7, 11) is 0. The Morgan fingerprint density at radius 3 is 2.71 bits per heavy atom. The van der Waals surface area contributed by atoms with Crippen LogP contribution in [0.1, 0.15) is 32.6 Å². The molecule has 0 unspecified atom stereocenters. The van der Waals surface area contributed by atoms with Gasteiger partial charge in [-0.15, -0.1) is 0 Å². The van der Waals surface area contributed by atoms with Gasteiger partial charge < -0.3 is 10.1 Å². The summed E-state index contributed by atoms with van der Waals surface area (Å²) < 4.78 is 6.62. The van der Waals surface area contributed by atoms with Gasteiger partial charge in [0.15, 0.2) is 6.10 Å². The summed E-state index contributed by atoms with van der Waals surface area (Å²) in [5, 5.41) is 3.75. The summed E-state index contributed by atoms with van der Waals surface area (Å²) in [6.45, 7) is 2.50. The monoisotopic (exact) mass is 371 g/mol. The van der Waals surface area contributed by atoms with E-state index in [1.807, 2.05) is 36.0 Å². The van der Waals surface area contributed by atoms with Crippen molar-refractivity contribution in [2.24, 2.45) is 0 Å². The smallest absolute Gasteiger partial charge is 0.260 e. The van der Waals surface area contributed by atoms with Crippen LogP contribution in [0.15, 0.2) is 28.7 Å². The van der Waals surface area contributed by atoms with E-state index in [9.17, 15) is 4.79 Å². The molecule has 1 fully saturated rings. The fourth-order valence-electron chi connectivity index (χ4n) is 2.37. The lowest BCUT2D eigenvalue weighted by Gasteiger charge is -2.15. The molecule has 1 N–H and O–H groups in total. The predicted molar refractivity (Wildman–Crippen MR) is 92.0 cm³/mol. The third-order valence-corrected chi connectivity index (χ3v) is 5.46. The Labute approximate surface area is 139 Å². The van der Waals surface area contributed by atoms with E-state index in [4.69, 9.17) is 4.74 Å². The van der Waals surface area contributed by atoms with E-state index >= 15 is 0 Å². The number of amides is 1. The second-order valence-electron chi connectivity index (χ2n) is 5.28. The molecule has 5 heteroatoms. The van der Waals surface area contributed by atoms with Crippen molar-refractivity contribution in [3.63, 3.8) is 0 Å². The zero-order valence-electron chi connectivity index (χ0n) is 12.3. The molecule has 21 heavy (non-hydrogen) atoms. The second kappa shape index (κ2) is 8.69. The third-order valence-electron chi connectivity index (χ3n) is 3.55. The molecule has 2 rings (SSSR count). The summed E-state index contributed by atoms with van der Waals surface area (Å²) in [4.78, 5) is 12.0. The molecule has 1 aromatic rings. The fraction of sp³-hybridized carbons (Fsp3) is 0.562. The van der Waals surface area contributed by atoms with Gasteiger partial charge in [0.25, 0.3) is 5.91 Å². The van der Waals surface area contributed by atoms with Crippen LogP contribution in [-0.4, -0.2) is 29.6 Å². The lowest BCUT2D eigenvalue weighted by molar-refractivity contribution is -0.127. The predicted octanol–water partition coefficient (Wildman–Crippen LogP) is 4.01. The van der Waals surface area contributed by atoms with E-state index in [0.717, 1.165) is 15.5 Å². The topological polar surface area (TPSA) is 38.3 Å². The third kappa shape index (κ3) is 5.91. The van der Waals surface area contributed by atoms with Gasteiger partial charge in [0.2, 0.25) is 0 Å². The SMILES string of the molecule is C[C@@H](Oc1ccc(Br)cc1)C(=O)NCCSC1CCCC1. The minimum absolute atomic E-state index is 0.0510. The van der Waals surface area contributed by atoms with Crippen molar-refractivity contribution in [1.29, 1.82) is 0 Å². The molecule has 1 aromatic carbocycles. The van der Waals surface area contributed by atoms with Gasteiger partial charge in [-0.1, -0.05) is 28.8 Å². The standard InChI is InChI=1S/C16H22BrNO2S/c1-12(20-14-8-6-13(17)7-9-14)16(19)18-10-11-21-15-4-2-3-5-15/h6-9,12,15H,2-5,10-11H2,1H3,(H,18,19)/t12-/m1/s1. The average molecular weight is 372 g/mol. The molecular weight excluding hydrogens is 350 g/mol. The van der Waals surface area contributed by atoms with Crippen molar-refractivity contribution in [1.82, 2.24) is 5.32 Å². The highest BCUT2D eigenvalue weighted by molar-refractivity contribution is 9.10. The first-order chi connectivity index (χ1) is 10.1. The summed E-state index contributed by atoms with van der Waals surface area (Å²) >= 11 is 5.36. The first kappa shape index (κ1) is 16.7. The van der Waals surface area contributed by atoms with Gasteiger partial charge in [0.05, 0.1) is 0 Å². The van der Waals surface area contributed by atoms with Crippen molar-refractivity contribution in [3.8, 4) is 5.75 Å². The van der Waals surface area contributed by atoms with Gasteiger partial charge in [-0.25, -0.2) is 0 Å². The molecule has 3 nitrogen and oxygen atoms in total. The maximum atomic E-state index is 12.0. The number of rotatable bonds is 7. The number of halogens is 1. The van der Waals surface area contributed by atoms with E-state index in [0.29, 0.717) is 12.3 Å². The first-order valence-electron chi connectivity index (χ1n) is 7.46. The molecule has 0 bridgehead atoms. The highest BCUT2D eigenvalue weighted by Gasteiger charge is 2.16. The second-order valence-corrected chi connectivity index (χ2v) is 7.61. The van der Waals surface area contributed by atoms with Crippen LogP contribution in [0.5, 0.6) is 5.75 Å². The highest BCUT2D eigenvalue weighted by atomic mass is 79.9. The Morgan fingerprint density at radius 2 is 2.05 bits per heavy atom. The fourth-order valence-corrected chi connectivity index (χ4v) is 3.85. The molecule has 0 heterocycles. The minimum Gasteiger partial charge on any atom is -0.481 e. The zero-order valence-corrected chi connectivity index (χ0v) is 14.7. The number of thioether (sulfide) groups is 1. The largest absolute Gasteiger partial charge is 0.481 e. The molecule has 1 aliphatic rings. The van der Waals surface area contributed by atoms with E-state index in [1.165, 1.54) is 25.7 Å². The quantitative estimate of drug-likeness (QED) is 0.735. The number of ether oxygens (including phenoxy) is 1. The van der Waals surface area contributed by atoms with Crippen molar-refractivity contribution in [3.05, 3.63) is 28.7 Å². The van der Waals surface area contributed by atoms with Crippen LogP contribution in [0.25, 0.3) is 0 Å². The number of benzene rings is 1. The van der Waals surface area contributed by atoms with Crippen LogP contribution < -0.4 is 10.1 Å². The molecular formula is C16H22BrNO2S. The number of hydrogen-bond acceptors (Lipinski definition) is 3. The van der Waals surface area contributed by atoms with Gasteiger partial charge in [-0.2, -0.15) is 11.8 Å². The average Bonchev–Trinajstić information content (AvgIpc) is 2.99. The highest BCUT2D eigenvalue weighted by Crippen LogP contribution is 2.28. The molecule has 0 spiro atoms. The number of nitrogens with one attached hydrogen (secondary N) is 1. The van der Waals surface area contributed by atoms with Gasteiger partial charge in [-0.3, -0.25) is 4.79 Å². The molecule has 0 saturated heterocycles. The molecule has 0 aromatic heterocycles. The molecule has 116 valence electrons. The lowest BCUT2D eigenvalue weighted by Crippen LogP contribution is -2.37. The number of carbonyl (C=O) groups excluding carboxylic acids is 1. The Balaban J connectivity index is 1.63. The van der Waals surface area contributed by atoms with E-state index in [2.05, 4.69) is 21.2 Å². The van der Waals surface area contributed by atoms with E-state index in [-0.39, 0.29) is 5.91 Å². The minimum atomic E-state index is -0.470.